The molecule has 25 heavy (non-hydrogen) atoms. The Bertz CT molecular complexity index is 687. The summed E-state index contributed by atoms with van der Waals surface area (Å²) in [6.45, 7) is 6.63. The average molecular weight is 341 g/mol. The summed E-state index contributed by atoms with van der Waals surface area (Å²) in [5.41, 5.74) is 1.53. The molecule has 1 amide bonds. The van der Waals surface area contributed by atoms with Gasteiger partial charge in [0.1, 0.15) is 17.3 Å². The van der Waals surface area contributed by atoms with Crippen molar-refractivity contribution in [3.63, 3.8) is 0 Å². The van der Waals surface area contributed by atoms with Gasteiger partial charge in [-0.05, 0) is 33.5 Å². The first-order chi connectivity index (χ1) is 12.0. The number of amides is 1. The lowest BCUT2D eigenvalue weighted by atomic mass is 10.2. The summed E-state index contributed by atoms with van der Waals surface area (Å²) in [5, 5.41) is 3.26. The first-order valence-electron chi connectivity index (χ1n) is 8.57. The molecule has 0 bridgehead atoms. The number of hydrogen-bond acceptors (Lipinski definition) is 5. The van der Waals surface area contributed by atoms with Crippen molar-refractivity contribution in [1.82, 2.24) is 19.8 Å². The molecule has 0 spiro atoms. The molecule has 0 aliphatic rings. The molecule has 2 rings (SSSR count). The smallest absolute Gasteiger partial charge is 0.272 e. The van der Waals surface area contributed by atoms with Gasteiger partial charge in [-0.3, -0.25) is 4.79 Å². The van der Waals surface area contributed by atoms with E-state index in [1.807, 2.05) is 51.4 Å². The quantitative estimate of drug-likeness (QED) is 0.799. The van der Waals surface area contributed by atoms with Gasteiger partial charge in [-0.15, -0.1) is 0 Å². The highest BCUT2D eigenvalue weighted by molar-refractivity contribution is 5.93. The van der Waals surface area contributed by atoms with Crippen molar-refractivity contribution in [3.8, 4) is 0 Å². The highest BCUT2D eigenvalue weighted by Crippen LogP contribution is 2.12. The molecule has 0 saturated heterocycles. The fourth-order valence-corrected chi connectivity index (χ4v) is 2.47. The molecule has 6 heteroatoms. The van der Waals surface area contributed by atoms with E-state index < -0.39 is 0 Å². The number of aryl methyl sites for hydroxylation is 1. The van der Waals surface area contributed by atoms with Gasteiger partial charge in [0.2, 0.25) is 0 Å². The normalized spacial score (nSPS) is 10.8. The van der Waals surface area contributed by atoms with Crippen molar-refractivity contribution in [1.29, 1.82) is 0 Å². The molecule has 0 saturated carbocycles. The molecule has 6 nitrogen and oxygen atoms in total. The second kappa shape index (κ2) is 9.13. The van der Waals surface area contributed by atoms with E-state index in [0.29, 0.717) is 30.4 Å². The van der Waals surface area contributed by atoms with Crippen LogP contribution < -0.4 is 5.32 Å². The molecule has 1 aromatic carbocycles. The van der Waals surface area contributed by atoms with E-state index in [1.54, 1.807) is 17.9 Å². The number of nitrogens with one attached hydrogen (secondary N) is 1. The summed E-state index contributed by atoms with van der Waals surface area (Å²) in [7, 11) is 4.04. The van der Waals surface area contributed by atoms with Crippen molar-refractivity contribution in [3.05, 3.63) is 53.5 Å². The van der Waals surface area contributed by atoms with Gasteiger partial charge in [0.15, 0.2) is 0 Å². The Morgan fingerprint density at radius 1 is 1.16 bits per heavy atom. The van der Waals surface area contributed by atoms with Gasteiger partial charge in [0, 0.05) is 32.2 Å². The maximum Gasteiger partial charge on any atom is 0.272 e. The highest BCUT2D eigenvalue weighted by Gasteiger charge is 2.17. The first-order valence-corrected chi connectivity index (χ1v) is 8.57. The summed E-state index contributed by atoms with van der Waals surface area (Å²) in [6.07, 6.45) is 0. The predicted molar refractivity (Wildman–Crippen MR) is 101 cm³/mol. The van der Waals surface area contributed by atoms with E-state index in [9.17, 15) is 4.79 Å². The Hall–Kier alpha value is -2.47. The lowest BCUT2D eigenvalue weighted by Crippen LogP contribution is -2.31. The maximum atomic E-state index is 12.9. The number of carbonyl (C=O) groups excluding carboxylic acids is 1. The van der Waals surface area contributed by atoms with Crippen LogP contribution in [0, 0.1) is 6.92 Å². The van der Waals surface area contributed by atoms with E-state index in [1.165, 1.54) is 0 Å². The molecule has 0 fully saturated rings. The molecule has 0 aliphatic heterocycles. The largest absolute Gasteiger partial charge is 0.369 e. The Morgan fingerprint density at radius 2 is 1.88 bits per heavy atom. The summed E-state index contributed by atoms with van der Waals surface area (Å²) in [4.78, 5) is 25.5. The molecule has 0 unspecified atom stereocenters. The summed E-state index contributed by atoms with van der Waals surface area (Å²) in [5.74, 6) is 1.20. The van der Waals surface area contributed by atoms with Crippen LogP contribution in [0.5, 0.6) is 0 Å². The second-order valence-electron chi connectivity index (χ2n) is 6.22. The van der Waals surface area contributed by atoms with Gasteiger partial charge >= 0.3 is 0 Å². The number of carbonyl (C=O) groups is 1. The van der Waals surface area contributed by atoms with Gasteiger partial charge in [0.05, 0.1) is 0 Å². The van der Waals surface area contributed by atoms with Crippen LogP contribution in [0.15, 0.2) is 36.4 Å². The predicted octanol–water partition coefficient (Wildman–Crippen LogP) is 2.42. The molecule has 0 aliphatic carbocycles. The Kier molecular flexibility index (Phi) is 6.89. The third kappa shape index (κ3) is 5.83. The average Bonchev–Trinajstić information content (AvgIpc) is 2.59. The van der Waals surface area contributed by atoms with Crippen LogP contribution in [0.25, 0.3) is 0 Å². The highest BCUT2D eigenvalue weighted by atomic mass is 16.2. The SMILES string of the molecule is CCN(Cc1ccccc1)C(=O)c1cc(NCCN(C)C)nc(C)n1. The zero-order chi connectivity index (χ0) is 18.2. The minimum Gasteiger partial charge on any atom is -0.369 e. The van der Waals surface area contributed by atoms with Crippen LogP contribution in [-0.2, 0) is 6.54 Å². The molecule has 0 atom stereocenters. The van der Waals surface area contributed by atoms with E-state index in [4.69, 9.17) is 0 Å². The van der Waals surface area contributed by atoms with Gasteiger partial charge < -0.3 is 15.1 Å². The van der Waals surface area contributed by atoms with E-state index >= 15 is 0 Å². The van der Waals surface area contributed by atoms with E-state index in [-0.39, 0.29) is 5.91 Å². The number of likely N-dealkylation sites (N-methyl/N-ethyl adjacent to an activating group) is 1. The number of rotatable bonds is 8. The second-order valence-corrected chi connectivity index (χ2v) is 6.22. The van der Waals surface area contributed by atoms with Crippen molar-refractivity contribution in [2.75, 3.05) is 39.0 Å². The van der Waals surface area contributed by atoms with Crippen LogP contribution in [-0.4, -0.2) is 59.4 Å². The number of hydrogen-bond donors (Lipinski definition) is 1. The van der Waals surface area contributed by atoms with E-state index in [0.717, 1.165) is 18.7 Å². The lowest BCUT2D eigenvalue weighted by Gasteiger charge is -2.21. The minimum absolute atomic E-state index is 0.0764. The lowest BCUT2D eigenvalue weighted by molar-refractivity contribution is 0.0746. The molecular formula is C19H27N5O. The topological polar surface area (TPSA) is 61.4 Å². The monoisotopic (exact) mass is 341 g/mol. The third-order valence-electron chi connectivity index (χ3n) is 3.81. The van der Waals surface area contributed by atoms with E-state index in [2.05, 4.69) is 20.2 Å². The van der Waals surface area contributed by atoms with Crippen molar-refractivity contribution in [2.45, 2.75) is 20.4 Å². The minimum atomic E-state index is -0.0764. The molecule has 1 N–H and O–H groups in total. The number of anilines is 1. The standard InChI is InChI=1S/C19H27N5O/c1-5-24(14-16-9-7-6-8-10-16)19(25)17-13-18(22-15(2)21-17)20-11-12-23(3)4/h6-10,13H,5,11-12,14H2,1-4H3,(H,20,21,22). The summed E-state index contributed by atoms with van der Waals surface area (Å²) >= 11 is 0. The molecule has 2 aromatic rings. The first kappa shape index (κ1) is 18.9. The number of benzene rings is 1. The Balaban J connectivity index is 2.12. The number of nitrogens with zero attached hydrogens (tertiary/aromatic N) is 4. The Morgan fingerprint density at radius 3 is 2.52 bits per heavy atom. The maximum absolute atomic E-state index is 12.9. The van der Waals surface area contributed by atoms with Gasteiger partial charge in [-0.1, -0.05) is 30.3 Å². The van der Waals surface area contributed by atoms with Gasteiger partial charge in [-0.2, -0.15) is 0 Å². The zero-order valence-corrected chi connectivity index (χ0v) is 15.5. The van der Waals surface area contributed by atoms with Gasteiger partial charge in [0.25, 0.3) is 5.91 Å². The van der Waals surface area contributed by atoms with Crippen LogP contribution in [0.4, 0.5) is 5.82 Å². The fourth-order valence-electron chi connectivity index (χ4n) is 2.47. The molecule has 0 radical (unpaired) electrons. The third-order valence-corrected chi connectivity index (χ3v) is 3.81. The van der Waals surface area contributed by atoms with Crippen LogP contribution in [0.1, 0.15) is 28.8 Å². The molecule has 1 aromatic heterocycles. The molecule has 1 heterocycles. The summed E-state index contributed by atoms with van der Waals surface area (Å²) in [6, 6.07) is 11.7. The van der Waals surface area contributed by atoms with Crippen LogP contribution in [0.2, 0.25) is 0 Å². The Labute approximate surface area is 149 Å². The van der Waals surface area contributed by atoms with Crippen molar-refractivity contribution >= 4 is 11.7 Å². The fraction of sp³-hybridized carbons (Fsp3) is 0.421. The zero-order valence-electron chi connectivity index (χ0n) is 15.5. The van der Waals surface area contributed by atoms with Crippen molar-refractivity contribution in [2.24, 2.45) is 0 Å². The van der Waals surface area contributed by atoms with Crippen LogP contribution >= 0.6 is 0 Å². The van der Waals surface area contributed by atoms with Crippen molar-refractivity contribution < 1.29 is 4.79 Å². The summed E-state index contributed by atoms with van der Waals surface area (Å²) < 4.78 is 0. The molecular weight excluding hydrogens is 314 g/mol. The number of aromatic nitrogens is 2. The van der Waals surface area contributed by atoms with Gasteiger partial charge in [-0.25, -0.2) is 9.97 Å². The van der Waals surface area contributed by atoms with Crippen LogP contribution in [0.3, 0.4) is 0 Å². The molecule has 134 valence electrons.